The summed E-state index contributed by atoms with van der Waals surface area (Å²) in [5.74, 6) is -2.69. The van der Waals surface area contributed by atoms with Gasteiger partial charge in [-0.3, -0.25) is 9.25 Å². The van der Waals surface area contributed by atoms with E-state index in [0.29, 0.717) is 4.68 Å². The molecule has 0 aliphatic rings. The van der Waals surface area contributed by atoms with Crippen molar-refractivity contribution in [3.05, 3.63) is 57.2 Å². The molecule has 0 bridgehead atoms. The molecule has 2 aromatic carbocycles. The standard InChI is InChI=1S/C21H18ClF5N6O3/c1-3-32-14(8-34)29-33(20(32)35)12-7-13(36-9-21(25,26)27)15-18(16(12)24)31(2)30-19(15)28-17-10(22)5-4-6-11(17)23/h4-7,34H,3,8-9H2,1-2H3,(H,28,30). The van der Waals surface area contributed by atoms with E-state index in [9.17, 15) is 27.5 Å². The van der Waals surface area contributed by atoms with Crippen LogP contribution < -0.4 is 15.7 Å². The van der Waals surface area contributed by atoms with Crippen molar-refractivity contribution in [2.45, 2.75) is 26.3 Å². The monoisotopic (exact) mass is 532 g/mol. The Kier molecular flexibility index (Phi) is 6.66. The van der Waals surface area contributed by atoms with Gasteiger partial charge in [0.1, 0.15) is 29.4 Å². The van der Waals surface area contributed by atoms with Crippen LogP contribution in [0.5, 0.6) is 5.75 Å². The van der Waals surface area contributed by atoms with Gasteiger partial charge in [0, 0.05) is 19.7 Å². The van der Waals surface area contributed by atoms with E-state index >= 15 is 4.39 Å². The first-order valence-electron chi connectivity index (χ1n) is 10.4. The second-order valence-corrected chi connectivity index (χ2v) is 7.95. The number of halogens is 6. The number of hydrogen-bond acceptors (Lipinski definition) is 6. The minimum Gasteiger partial charge on any atom is -0.483 e. The zero-order valence-electron chi connectivity index (χ0n) is 18.7. The third-order valence-corrected chi connectivity index (χ3v) is 5.53. The number of aliphatic hydroxyl groups is 1. The van der Waals surface area contributed by atoms with Crippen LogP contribution in [0.4, 0.5) is 33.5 Å². The summed E-state index contributed by atoms with van der Waals surface area (Å²) in [4.78, 5) is 12.8. The molecule has 0 radical (unpaired) electrons. The quantitative estimate of drug-likeness (QED) is 0.349. The molecule has 0 spiro atoms. The summed E-state index contributed by atoms with van der Waals surface area (Å²) >= 11 is 6.04. The zero-order valence-corrected chi connectivity index (χ0v) is 19.5. The number of fused-ring (bicyclic) bond motifs is 1. The molecule has 0 amide bonds. The first kappa shape index (κ1) is 25.4. The maximum Gasteiger partial charge on any atom is 0.422 e. The van der Waals surface area contributed by atoms with Gasteiger partial charge in [-0.05, 0) is 19.1 Å². The molecule has 0 saturated carbocycles. The van der Waals surface area contributed by atoms with Crippen molar-refractivity contribution in [1.82, 2.24) is 24.1 Å². The average Bonchev–Trinajstić information content (AvgIpc) is 3.31. The van der Waals surface area contributed by atoms with Crippen LogP contribution in [0, 0.1) is 11.6 Å². The number of aliphatic hydroxyl groups excluding tert-OH is 1. The highest BCUT2D eigenvalue weighted by Gasteiger charge is 2.31. The number of nitrogens with one attached hydrogen (secondary N) is 1. The molecule has 4 rings (SSSR count). The van der Waals surface area contributed by atoms with Crippen LogP contribution in [-0.4, -0.2) is 42.0 Å². The van der Waals surface area contributed by atoms with Gasteiger partial charge in [-0.25, -0.2) is 13.6 Å². The summed E-state index contributed by atoms with van der Waals surface area (Å²) in [7, 11) is 1.30. The second kappa shape index (κ2) is 9.43. The molecule has 15 heteroatoms. The molecule has 0 unspecified atom stereocenters. The second-order valence-electron chi connectivity index (χ2n) is 7.54. The molecule has 9 nitrogen and oxygen atoms in total. The van der Waals surface area contributed by atoms with E-state index in [2.05, 4.69) is 15.5 Å². The zero-order chi connectivity index (χ0) is 26.4. The molecule has 0 fully saturated rings. The number of ether oxygens (including phenoxy) is 1. The Morgan fingerprint density at radius 1 is 1.22 bits per heavy atom. The van der Waals surface area contributed by atoms with Gasteiger partial charge < -0.3 is 15.2 Å². The van der Waals surface area contributed by atoms with E-state index in [-0.39, 0.29) is 39.8 Å². The van der Waals surface area contributed by atoms with Gasteiger partial charge in [0.05, 0.1) is 16.1 Å². The van der Waals surface area contributed by atoms with Crippen LogP contribution in [0.3, 0.4) is 0 Å². The van der Waals surface area contributed by atoms with Crippen LogP contribution in [0.15, 0.2) is 29.1 Å². The fourth-order valence-corrected chi connectivity index (χ4v) is 3.88. The predicted molar refractivity (Wildman–Crippen MR) is 120 cm³/mol. The molecule has 2 heterocycles. The van der Waals surface area contributed by atoms with Gasteiger partial charge in [0.15, 0.2) is 24.1 Å². The first-order chi connectivity index (χ1) is 17.0. The number of aryl methyl sites for hydroxylation is 1. The Labute approximate surface area is 204 Å². The van der Waals surface area contributed by atoms with Crippen molar-refractivity contribution in [3.63, 3.8) is 0 Å². The van der Waals surface area contributed by atoms with Gasteiger partial charge in [-0.1, -0.05) is 17.7 Å². The van der Waals surface area contributed by atoms with Crippen LogP contribution in [-0.2, 0) is 20.2 Å². The van der Waals surface area contributed by atoms with E-state index in [0.717, 1.165) is 21.4 Å². The smallest absolute Gasteiger partial charge is 0.422 e. The van der Waals surface area contributed by atoms with E-state index in [1.807, 2.05) is 0 Å². The van der Waals surface area contributed by atoms with Crippen molar-refractivity contribution in [3.8, 4) is 11.4 Å². The number of alkyl halides is 3. The normalized spacial score (nSPS) is 11.9. The number of hydrogen-bond donors (Lipinski definition) is 2. The first-order valence-corrected chi connectivity index (χ1v) is 10.7. The van der Waals surface area contributed by atoms with Crippen molar-refractivity contribution < 1.29 is 31.8 Å². The lowest BCUT2D eigenvalue weighted by molar-refractivity contribution is -0.153. The van der Waals surface area contributed by atoms with Crippen LogP contribution in [0.2, 0.25) is 5.02 Å². The largest absolute Gasteiger partial charge is 0.483 e. The summed E-state index contributed by atoms with van der Waals surface area (Å²) in [5, 5.41) is 19.7. The fourth-order valence-electron chi connectivity index (χ4n) is 3.67. The number of para-hydroxylation sites is 1. The van der Waals surface area contributed by atoms with E-state index in [4.69, 9.17) is 16.3 Å². The lowest BCUT2D eigenvalue weighted by atomic mass is 10.1. The minimum atomic E-state index is -4.75. The fraction of sp³-hybridized carbons (Fsp3) is 0.286. The highest BCUT2D eigenvalue weighted by molar-refractivity contribution is 6.33. The molecule has 2 N–H and O–H groups in total. The van der Waals surface area contributed by atoms with Crippen LogP contribution in [0.1, 0.15) is 12.7 Å². The highest BCUT2D eigenvalue weighted by Crippen LogP contribution is 2.39. The number of benzene rings is 2. The molecule has 0 aliphatic heterocycles. The maximum atomic E-state index is 15.8. The lowest BCUT2D eigenvalue weighted by Crippen LogP contribution is -2.25. The van der Waals surface area contributed by atoms with Crippen molar-refractivity contribution in [1.29, 1.82) is 0 Å². The van der Waals surface area contributed by atoms with Gasteiger partial charge >= 0.3 is 11.9 Å². The van der Waals surface area contributed by atoms with E-state index in [1.54, 1.807) is 6.92 Å². The summed E-state index contributed by atoms with van der Waals surface area (Å²) in [6, 6.07) is 4.66. The number of aromatic nitrogens is 5. The van der Waals surface area contributed by atoms with E-state index < -0.39 is 48.2 Å². The van der Waals surface area contributed by atoms with Crippen molar-refractivity contribution in [2.24, 2.45) is 7.05 Å². The maximum absolute atomic E-state index is 15.8. The minimum absolute atomic E-state index is 0.0585. The molecule has 0 atom stereocenters. The summed E-state index contributed by atoms with van der Waals surface area (Å²) < 4.78 is 76.8. The number of anilines is 2. The van der Waals surface area contributed by atoms with Gasteiger partial charge in [-0.2, -0.15) is 23.0 Å². The Morgan fingerprint density at radius 3 is 2.53 bits per heavy atom. The summed E-state index contributed by atoms with van der Waals surface area (Å²) in [6.07, 6.45) is -4.75. The molecule has 2 aromatic heterocycles. The van der Waals surface area contributed by atoms with Crippen molar-refractivity contribution in [2.75, 3.05) is 11.9 Å². The molecule has 36 heavy (non-hydrogen) atoms. The van der Waals surface area contributed by atoms with E-state index in [1.165, 1.54) is 19.2 Å². The molecule has 0 aliphatic carbocycles. The summed E-state index contributed by atoms with van der Waals surface area (Å²) in [5.41, 5.74) is -1.97. The predicted octanol–water partition coefficient (Wildman–Crippen LogP) is 4.05. The SMILES string of the molecule is CCn1c(CO)nn(-c2cc(OCC(F)(F)F)c3c(Nc4c(F)cccc4Cl)nn(C)c3c2F)c1=O. The lowest BCUT2D eigenvalue weighted by Gasteiger charge is -2.14. The van der Waals surface area contributed by atoms with Crippen LogP contribution in [0.25, 0.3) is 16.6 Å². The molecular formula is C21H18ClF5N6O3. The number of rotatable bonds is 7. The Morgan fingerprint density at radius 2 is 1.94 bits per heavy atom. The third-order valence-electron chi connectivity index (χ3n) is 5.22. The molecule has 0 saturated heterocycles. The Bertz CT molecular complexity index is 1490. The van der Waals surface area contributed by atoms with Gasteiger partial charge in [-0.15, -0.1) is 5.10 Å². The molecule has 4 aromatic rings. The highest BCUT2D eigenvalue weighted by atomic mass is 35.5. The van der Waals surface area contributed by atoms with Crippen molar-refractivity contribution >= 4 is 34.0 Å². The van der Waals surface area contributed by atoms with Gasteiger partial charge in [0.25, 0.3) is 0 Å². The third kappa shape index (κ3) is 4.48. The molecule has 192 valence electrons. The van der Waals surface area contributed by atoms with Crippen LogP contribution >= 0.6 is 11.6 Å². The van der Waals surface area contributed by atoms with Gasteiger partial charge in [0.2, 0.25) is 0 Å². The average molecular weight is 533 g/mol. The number of nitrogens with zero attached hydrogens (tertiary/aromatic N) is 5. The summed E-state index contributed by atoms with van der Waals surface area (Å²) in [6.45, 7) is -0.696. The Balaban J connectivity index is 1.99. The molecular weight excluding hydrogens is 515 g/mol. The Hall–Kier alpha value is -3.65. The topological polar surface area (TPSA) is 99.1 Å².